The first kappa shape index (κ1) is 18.8. The van der Waals surface area contributed by atoms with E-state index >= 15 is 0 Å². The third-order valence-electron chi connectivity index (χ3n) is 3.99. The van der Waals surface area contributed by atoms with Gasteiger partial charge < -0.3 is 14.4 Å². The average Bonchev–Trinajstić information content (AvgIpc) is 3.09. The minimum absolute atomic E-state index is 0.120. The summed E-state index contributed by atoms with van der Waals surface area (Å²) in [5.41, 5.74) is 1.61. The Hall–Kier alpha value is -2.57. The molecule has 2 aromatic heterocycles. The minimum atomic E-state index is -1.04. The molecule has 0 aliphatic heterocycles. The third kappa shape index (κ3) is 4.10. The zero-order chi connectivity index (χ0) is 18.7. The number of carbonyl (C=O) groups is 2. The maximum atomic E-state index is 12.8. The molecule has 0 fully saturated rings. The number of hydrogen-bond acceptors (Lipinski definition) is 4. The molecule has 136 valence electrons. The topological polar surface area (TPSA) is 88.6 Å². The summed E-state index contributed by atoms with van der Waals surface area (Å²) < 4.78 is 7.33. The lowest BCUT2D eigenvalue weighted by molar-refractivity contribution is 0.0694. The predicted molar refractivity (Wildman–Crippen MR) is 92.6 cm³/mol. The van der Waals surface area contributed by atoms with Crippen molar-refractivity contribution in [1.29, 1.82) is 0 Å². The van der Waals surface area contributed by atoms with E-state index < -0.39 is 5.97 Å². The Balaban J connectivity index is 2.18. The number of aromatic carboxylic acids is 1. The van der Waals surface area contributed by atoms with Crippen molar-refractivity contribution in [2.45, 2.75) is 47.2 Å². The fourth-order valence-corrected chi connectivity index (χ4v) is 2.81. The number of hydrogen-bond donors (Lipinski definition) is 1. The summed E-state index contributed by atoms with van der Waals surface area (Å²) in [5, 5.41) is 13.4. The van der Waals surface area contributed by atoms with Crippen LogP contribution in [0.2, 0.25) is 0 Å². The molecule has 0 atom stereocenters. The Bertz CT molecular complexity index is 773. The maximum absolute atomic E-state index is 12.8. The summed E-state index contributed by atoms with van der Waals surface area (Å²) in [5.74, 6) is 0.0228. The van der Waals surface area contributed by atoms with Crippen molar-refractivity contribution in [2.24, 2.45) is 5.92 Å². The van der Waals surface area contributed by atoms with Crippen LogP contribution in [-0.2, 0) is 19.5 Å². The van der Waals surface area contributed by atoms with E-state index in [2.05, 4.69) is 18.9 Å². The first-order chi connectivity index (χ1) is 11.7. The zero-order valence-corrected chi connectivity index (χ0v) is 15.4. The Morgan fingerprint density at radius 1 is 1.36 bits per heavy atom. The van der Waals surface area contributed by atoms with Gasteiger partial charge in [0.15, 0.2) is 0 Å². The minimum Gasteiger partial charge on any atom is -0.478 e. The van der Waals surface area contributed by atoms with Crippen molar-refractivity contribution in [3.8, 4) is 0 Å². The van der Waals surface area contributed by atoms with Gasteiger partial charge in [-0.25, -0.2) is 4.79 Å². The van der Waals surface area contributed by atoms with Gasteiger partial charge in [-0.15, -0.1) is 0 Å². The molecule has 0 aliphatic rings. The molecule has 25 heavy (non-hydrogen) atoms. The Morgan fingerprint density at radius 2 is 2.04 bits per heavy atom. The van der Waals surface area contributed by atoms with Crippen LogP contribution in [0.4, 0.5) is 0 Å². The normalized spacial score (nSPS) is 11.1. The van der Waals surface area contributed by atoms with Gasteiger partial charge in [0, 0.05) is 13.6 Å². The SMILES string of the molecule is CCc1c(C(=O)N(C)Cc2cc(C(=O)O)c(C)o2)cnn1CC(C)C. The van der Waals surface area contributed by atoms with Crippen LogP contribution in [0.3, 0.4) is 0 Å². The average molecular weight is 347 g/mol. The number of carboxylic acid groups (broad SMARTS) is 1. The van der Waals surface area contributed by atoms with E-state index in [0.29, 0.717) is 29.4 Å². The van der Waals surface area contributed by atoms with Gasteiger partial charge in [-0.05, 0) is 25.3 Å². The fourth-order valence-electron chi connectivity index (χ4n) is 2.81. The molecule has 0 bridgehead atoms. The van der Waals surface area contributed by atoms with Crippen LogP contribution in [0.1, 0.15) is 58.7 Å². The molecule has 0 saturated carbocycles. The molecule has 0 saturated heterocycles. The molecular formula is C18H25N3O4. The van der Waals surface area contributed by atoms with Gasteiger partial charge in [-0.1, -0.05) is 20.8 Å². The van der Waals surface area contributed by atoms with Gasteiger partial charge in [0.25, 0.3) is 5.91 Å². The summed E-state index contributed by atoms with van der Waals surface area (Å²) >= 11 is 0. The zero-order valence-electron chi connectivity index (χ0n) is 15.4. The van der Waals surface area contributed by atoms with E-state index in [9.17, 15) is 9.59 Å². The lowest BCUT2D eigenvalue weighted by atomic mass is 10.1. The number of nitrogens with zero attached hydrogens (tertiary/aromatic N) is 3. The molecule has 7 nitrogen and oxygen atoms in total. The van der Waals surface area contributed by atoms with Gasteiger partial charge in [0.2, 0.25) is 0 Å². The summed E-state index contributed by atoms with van der Waals surface area (Å²) in [6, 6.07) is 1.46. The van der Waals surface area contributed by atoms with Crippen LogP contribution < -0.4 is 0 Å². The second-order valence-corrected chi connectivity index (χ2v) is 6.58. The number of aromatic nitrogens is 2. The molecule has 7 heteroatoms. The second kappa shape index (κ2) is 7.55. The van der Waals surface area contributed by atoms with Crippen LogP contribution >= 0.6 is 0 Å². The Labute approximate surface area is 147 Å². The number of furan rings is 1. The molecule has 1 N–H and O–H groups in total. The molecule has 0 radical (unpaired) electrons. The van der Waals surface area contributed by atoms with Crippen LogP contribution in [0.5, 0.6) is 0 Å². The Kier molecular flexibility index (Phi) is 5.66. The van der Waals surface area contributed by atoms with E-state index in [0.717, 1.165) is 12.2 Å². The second-order valence-electron chi connectivity index (χ2n) is 6.58. The van der Waals surface area contributed by atoms with Crippen LogP contribution in [0.25, 0.3) is 0 Å². The van der Waals surface area contributed by atoms with E-state index in [1.165, 1.54) is 11.0 Å². The summed E-state index contributed by atoms with van der Waals surface area (Å²) in [6.07, 6.45) is 2.32. The van der Waals surface area contributed by atoms with Crippen molar-refractivity contribution in [1.82, 2.24) is 14.7 Å². The van der Waals surface area contributed by atoms with Crippen LogP contribution in [0, 0.1) is 12.8 Å². The van der Waals surface area contributed by atoms with Crippen molar-refractivity contribution in [3.05, 3.63) is 40.6 Å². The standard InChI is InChI=1S/C18H25N3O4/c1-6-16-15(8-19-21(16)9-11(2)3)17(22)20(5)10-13-7-14(18(23)24)12(4)25-13/h7-8,11H,6,9-10H2,1-5H3,(H,23,24). The number of carbonyl (C=O) groups excluding carboxylic acids is 1. The quantitative estimate of drug-likeness (QED) is 0.832. The summed E-state index contributed by atoms with van der Waals surface area (Å²) in [6.45, 7) is 8.77. The molecule has 0 unspecified atom stereocenters. The number of amides is 1. The molecule has 2 heterocycles. The van der Waals surface area contributed by atoms with Crippen molar-refractivity contribution in [2.75, 3.05) is 7.05 Å². The van der Waals surface area contributed by atoms with Crippen molar-refractivity contribution >= 4 is 11.9 Å². The Morgan fingerprint density at radius 3 is 2.56 bits per heavy atom. The molecule has 2 aromatic rings. The molecular weight excluding hydrogens is 322 g/mol. The van der Waals surface area contributed by atoms with Gasteiger partial charge in [0.1, 0.15) is 17.1 Å². The van der Waals surface area contributed by atoms with Gasteiger partial charge >= 0.3 is 5.97 Å². The number of rotatable bonds is 7. The third-order valence-corrected chi connectivity index (χ3v) is 3.99. The monoisotopic (exact) mass is 347 g/mol. The van der Waals surface area contributed by atoms with Gasteiger partial charge in [0.05, 0.1) is 24.0 Å². The highest BCUT2D eigenvalue weighted by Crippen LogP contribution is 2.18. The van der Waals surface area contributed by atoms with E-state index in [4.69, 9.17) is 9.52 Å². The van der Waals surface area contributed by atoms with Crippen LogP contribution in [0.15, 0.2) is 16.7 Å². The highest BCUT2D eigenvalue weighted by Gasteiger charge is 2.22. The van der Waals surface area contributed by atoms with E-state index in [1.807, 2.05) is 11.6 Å². The molecule has 0 aromatic carbocycles. The van der Waals surface area contributed by atoms with Gasteiger partial charge in [-0.3, -0.25) is 9.48 Å². The first-order valence-corrected chi connectivity index (χ1v) is 8.37. The largest absolute Gasteiger partial charge is 0.478 e. The molecule has 0 spiro atoms. The molecule has 1 amide bonds. The predicted octanol–water partition coefficient (Wildman–Crippen LogP) is 2.97. The lowest BCUT2D eigenvalue weighted by Gasteiger charge is -2.16. The summed E-state index contributed by atoms with van der Waals surface area (Å²) in [7, 11) is 1.67. The molecule has 0 aliphatic carbocycles. The maximum Gasteiger partial charge on any atom is 0.339 e. The van der Waals surface area contributed by atoms with Gasteiger partial charge in [-0.2, -0.15) is 5.10 Å². The van der Waals surface area contributed by atoms with Crippen LogP contribution in [-0.4, -0.2) is 38.7 Å². The highest BCUT2D eigenvalue weighted by molar-refractivity contribution is 5.95. The fraction of sp³-hybridized carbons (Fsp3) is 0.500. The van der Waals surface area contributed by atoms with Crippen molar-refractivity contribution < 1.29 is 19.1 Å². The first-order valence-electron chi connectivity index (χ1n) is 8.37. The lowest BCUT2D eigenvalue weighted by Crippen LogP contribution is -2.27. The van der Waals surface area contributed by atoms with Crippen molar-refractivity contribution in [3.63, 3.8) is 0 Å². The smallest absolute Gasteiger partial charge is 0.339 e. The summed E-state index contributed by atoms with van der Waals surface area (Å²) in [4.78, 5) is 25.4. The molecule has 2 rings (SSSR count). The number of carboxylic acids is 1. The van der Waals surface area contributed by atoms with E-state index in [1.54, 1.807) is 20.2 Å². The van der Waals surface area contributed by atoms with E-state index in [-0.39, 0.29) is 18.0 Å². The highest BCUT2D eigenvalue weighted by atomic mass is 16.4. The number of aryl methyl sites for hydroxylation is 1.